The van der Waals surface area contributed by atoms with Crippen LogP contribution in [0.25, 0.3) is 0 Å². The monoisotopic (exact) mass is 217 g/mol. The van der Waals surface area contributed by atoms with Crippen molar-refractivity contribution in [3.8, 4) is 5.75 Å². The maximum Gasteiger partial charge on any atom is 0.263 e. The average molecular weight is 217 g/mol. The summed E-state index contributed by atoms with van der Waals surface area (Å²) in [5.41, 5.74) is 3.19. The van der Waals surface area contributed by atoms with Crippen LogP contribution < -0.4 is 10.2 Å². The number of methoxy groups -OCH3 is 1. The van der Waals surface area contributed by atoms with Gasteiger partial charge in [0.15, 0.2) is 0 Å². The molecule has 1 aromatic carbocycles. The summed E-state index contributed by atoms with van der Waals surface area (Å²) in [6.07, 6.45) is -2.47. The second kappa shape index (κ2) is 5.63. The van der Waals surface area contributed by atoms with Gasteiger partial charge in [-0.3, -0.25) is 0 Å². The van der Waals surface area contributed by atoms with Crippen LogP contribution in [0.15, 0.2) is 18.2 Å². The van der Waals surface area contributed by atoms with E-state index in [9.17, 15) is 8.78 Å². The molecule has 0 aliphatic rings. The molecule has 1 aromatic rings. The highest BCUT2D eigenvalue weighted by Gasteiger charge is 2.10. The summed E-state index contributed by atoms with van der Waals surface area (Å²) >= 11 is 0. The topological polar surface area (TPSA) is 30.5 Å². The highest BCUT2D eigenvalue weighted by Crippen LogP contribution is 2.25. The van der Waals surface area contributed by atoms with Crippen molar-refractivity contribution in [1.29, 1.82) is 0 Å². The van der Waals surface area contributed by atoms with Gasteiger partial charge in [0.25, 0.3) is 6.43 Å². The number of hydrogen-bond acceptors (Lipinski definition) is 3. The molecule has 5 heteroatoms. The number of rotatable bonds is 5. The fourth-order valence-corrected chi connectivity index (χ4v) is 1.22. The van der Waals surface area contributed by atoms with Gasteiger partial charge in [-0.15, -0.1) is 0 Å². The van der Waals surface area contributed by atoms with Crippen molar-refractivity contribution in [1.82, 2.24) is 5.48 Å². The molecule has 0 spiro atoms. The van der Waals surface area contributed by atoms with Crippen LogP contribution in [0.1, 0.15) is 17.6 Å². The van der Waals surface area contributed by atoms with Gasteiger partial charge in [-0.2, -0.15) is 5.48 Å². The largest absolute Gasteiger partial charge is 0.496 e. The number of benzene rings is 1. The van der Waals surface area contributed by atoms with E-state index < -0.39 is 6.43 Å². The van der Waals surface area contributed by atoms with Crippen molar-refractivity contribution in [2.24, 2.45) is 0 Å². The first-order valence-electron chi connectivity index (χ1n) is 4.39. The molecule has 0 fully saturated rings. The van der Waals surface area contributed by atoms with Crippen molar-refractivity contribution in [2.45, 2.75) is 13.0 Å². The molecule has 0 atom stereocenters. The Morgan fingerprint density at radius 2 is 2.07 bits per heavy atom. The first-order chi connectivity index (χ1) is 7.19. The van der Waals surface area contributed by atoms with Crippen LogP contribution in [0.3, 0.4) is 0 Å². The lowest BCUT2D eigenvalue weighted by molar-refractivity contribution is 0.0859. The molecule has 0 aromatic heterocycles. The summed E-state index contributed by atoms with van der Waals surface area (Å²) in [5, 5.41) is 0. The van der Waals surface area contributed by atoms with Gasteiger partial charge in [-0.05, 0) is 18.2 Å². The third kappa shape index (κ3) is 3.14. The molecule has 15 heavy (non-hydrogen) atoms. The van der Waals surface area contributed by atoms with E-state index in [2.05, 4.69) is 10.3 Å². The Hall–Kier alpha value is -1.20. The van der Waals surface area contributed by atoms with Gasteiger partial charge >= 0.3 is 0 Å². The predicted molar refractivity (Wildman–Crippen MR) is 51.8 cm³/mol. The predicted octanol–water partition coefficient (Wildman–Crippen LogP) is 2.28. The van der Waals surface area contributed by atoms with Crippen LogP contribution in [0, 0.1) is 0 Å². The minimum Gasteiger partial charge on any atom is -0.496 e. The average Bonchev–Trinajstić information content (AvgIpc) is 2.25. The van der Waals surface area contributed by atoms with E-state index in [1.54, 1.807) is 0 Å². The van der Waals surface area contributed by atoms with Crippen LogP contribution in [0.2, 0.25) is 0 Å². The number of ether oxygens (including phenoxy) is 1. The molecule has 1 N–H and O–H groups in total. The van der Waals surface area contributed by atoms with E-state index >= 15 is 0 Å². The number of alkyl halides is 2. The Labute approximate surface area is 87.0 Å². The Bertz CT molecular complexity index is 318. The second-order valence-corrected chi connectivity index (χ2v) is 2.90. The number of halogens is 2. The van der Waals surface area contributed by atoms with Gasteiger partial charge in [0.1, 0.15) is 5.75 Å². The minimum atomic E-state index is -2.47. The zero-order valence-electron chi connectivity index (χ0n) is 8.59. The Balaban J connectivity index is 2.91. The van der Waals surface area contributed by atoms with Crippen LogP contribution in [0.4, 0.5) is 8.78 Å². The van der Waals surface area contributed by atoms with Crippen LogP contribution in [-0.2, 0) is 11.4 Å². The molecule has 0 aliphatic heterocycles. The van der Waals surface area contributed by atoms with Crippen molar-refractivity contribution < 1.29 is 18.4 Å². The summed E-state index contributed by atoms with van der Waals surface area (Å²) in [7, 11) is 2.96. The molecule has 0 bridgehead atoms. The van der Waals surface area contributed by atoms with Gasteiger partial charge in [0.2, 0.25) is 0 Å². The summed E-state index contributed by atoms with van der Waals surface area (Å²) in [4.78, 5) is 4.65. The molecular formula is C10H13F2NO2. The van der Waals surface area contributed by atoms with Gasteiger partial charge in [-0.25, -0.2) is 8.78 Å². The van der Waals surface area contributed by atoms with Crippen LogP contribution in [-0.4, -0.2) is 14.2 Å². The standard InChI is InChI=1S/C10H13F2NO2/c1-14-9-4-3-7(10(11)12)5-8(9)6-13-15-2/h3-5,10,13H,6H2,1-2H3. The van der Waals surface area contributed by atoms with E-state index in [4.69, 9.17) is 4.74 Å². The molecule has 84 valence electrons. The Kier molecular flexibility index (Phi) is 4.45. The molecule has 3 nitrogen and oxygen atoms in total. The fraction of sp³-hybridized carbons (Fsp3) is 0.400. The summed E-state index contributed by atoms with van der Waals surface area (Å²) in [6, 6.07) is 4.27. The van der Waals surface area contributed by atoms with Crippen molar-refractivity contribution in [3.05, 3.63) is 29.3 Å². The quantitative estimate of drug-likeness (QED) is 0.767. The summed E-state index contributed by atoms with van der Waals surface area (Å²) < 4.78 is 29.9. The molecule has 0 aliphatic carbocycles. The first kappa shape index (κ1) is 11.9. The zero-order valence-corrected chi connectivity index (χ0v) is 8.59. The molecule has 0 unspecified atom stereocenters. The second-order valence-electron chi connectivity index (χ2n) is 2.90. The SMILES string of the molecule is CONCc1cc(C(F)F)ccc1OC. The van der Waals surface area contributed by atoms with E-state index in [-0.39, 0.29) is 5.56 Å². The maximum absolute atomic E-state index is 12.4. The van der Waals surface area contributed by atoms with Gasteiger partial charge in [-0.1, -0.05) is 0 Å². The van der Waals surface area contributed by atoms with Gasteiger partial charge < -0.3 is 9.57 Å². The summed E-state index contributed by atoms with van der Waals surface area (Å²) in [6.45, 7) is 0.320. The van der Waals surface area contributed by atoms with Crippen molar-refractivity contribution >= 4 is 0 Å². The van der Waals surface area contributed by atoms with Crippen molar-refractivity contribution in [3.63, 3.8) is 0 Å². The maximum atomic E-state index is 12.4. The molecule has 0 heterocycles. The van der Waals surface area contributed by atoms with Gasteiger partial charge in [0, 0.05) is 17.7 Å². The lowest BCUT2D eigenvalue weighted by Crippen LogP contribution is -2.12. The Morgan fingerprint density at radius 3 is 2.60 bits per heavy atom. The Morgan fingerprint density at radius 1 is 1.33 bits per heavy atom. The van der Waals surface area contributed by atoms with Gasteiger partial charge in [0.05, 0.1) is 14.2 Å². The number of hydroxylamine groups is 1. The van der Waals surface area contributed by atoms with E-state index in [1.165, 1.54) is 32.4 Å². The van der Waals surface area contributed by atoms with E-state index in [1.807, 2.05) is 0 Å². The fourth-order valence-electron chi connectivity index (χ4n) is 1.22. The van der Waals surface area contributed by atoms with Crippen LogP contribution >= 0.6 is 0 Å². The summed E-state index contributed by atoms with van der Waals surface area (Å²) in [5.74, 6) is 0.559. The minimum absolute atomic E-state index is 0.0243. The highest BCUT2D eigenvalue weighted by molar-refractivity contribution is 5.37. The molecule has 0 radical (unpaired) electrons. The third-order valence-electron chi connectivity index (χ3n) is 1.96. The molecule has 0 amide bonds. The molecular weight excluding hydrogens is 204 g/mol. The normalized spacial score (nSPS) is 10.7. The first-order valence-corrected chi connectivity index (χ1v) is 4.39. The zero-order chi connectivity index (χ0) is 11.3. The van der Waals surface area contributed by atoms with E-state index in [0.717, 1.165) is 0 Å². The van der Waals surface area contributed by atoms with E-state index in [0.29, 0.717) is 17.9 Å². The van der Waals surface area contributed by atoms with Crippen LogP contribution in [0.5, 0.6) is 5.75 Å². The highest BCUT2D eigenvalue weighted by atomic mass is 19.3. The molecule has 0 saturated heterocycles. The smallest absolute Gasteiger partial charge is 0.263 e. The lowest BCUT2D eigenvalue weighted by atomic mass is 10.1. The van der Waals surface area contributed by atoms with Crippen molar-refractivity contribution in [2.75, 3.05) is 14.2 Å². The lowest BCUT2D eigenvalue weighted by Gasteiger charge is -2.10. The third-order valence-corrected chi connectivity index (χ3v) is 1.96. The molecule has 0 saturated carbocycles. The number of nitrogens with one attached hydrogen (secondary N) is 1. The molecule has 1 rings (SSSR count). The number of hydrogen-bond donors (Lipinski definition) is 1.